The molecule has 0 unspecified atom stereocenters. The van der Waals surface area contributed by atoms with Gasteiger partial charge in [-0.05, 0) is 36.7 Å². The number of anilines is 2. The van der Waals surface area contributed by atoms with Crippen LogP contribution in [0.3, 0.4) is 0 Å². The van der Waals surface area contributed by atoms with Crippen LogP contribution >= 0.6 is 0 Å². The van der Waals surface area contributed by atoms with E-state index in [1.165, 1.54) is 11.3 Å². The largest absolute Gasteiger partial charge is 0.369 e. The van der Waals surface area contributed by atoms with Gasteiger partial charge in [0.15, 0.2) is 0 Å². The number of piperazine rings is 2. The number of benzene rings is 1. The van der Waals surface area contributed by atoms with Gasteiger partial charge in [0.05, 0.1) is 5.69 Å². The van der Waals surface area contributed by atoms with Crippen molar-refractivity contribution >= 4 is 11.4 Å². The molecule has 5 nitrogen and oxygen atoms in total. The molecule has 2 aromatic carbocycles. The molecule has 2 fully saturated rings. The summed E-state index contributed by atoms with van der Waals surface area (Å²) in [7, 11) is 2.15. The van der Waals surface area contributed by atoms with Crippen molar-refractivity contribution in [2.75, 3.05) is 69.2 Å². The van der Waals surface area contributed by atoms with Crippen molar-refractivity contribution in [3.05, 3.63) is 69.9 Å². The highest BCUT2D eigenvalue weighted by atomic mass is 16.1. The molecule has 0 spiro atoms. The van der Waals surface area contributed by atoms with E-state index >= 15 is 0 Å². The fourth-order valence-electron chi connectivity index (χ4n) is 4.52. The third-order valence-electron chi connectivity index (χ3n) is 6.70. The van der Waals surface area contributed by atoms with E-state index in [9.17, 15) is 4.79 Å². The van der Waals surface area contributed by atoms with Crippen LogP contribution in [0.4, 0.5) is 11.4 Å². The highest BCUT2D eigenvalue weighted by molar-refractivity contribution is 5.51. The Morgan fingerprint density at radius 3 is 2.10 bits per heavy atom. The fourth-order valence-corrected chi connectivity index (χ4v) is 4.52. The predicted molar refractivity (Wildman–Crippen MR) is 130 cm³/mol. The van der Waals surface area contributed by atoms with Crippen molar-refractivity contribution in [2.24, 2.45) is 0 Å². The van der Waals surface area contributed by atoms with Gasteiger partial charge in [-0.3, -0.25) is 9.69 Å². The van der Waals surface area contributed by atoms with Gasteiger partial charge in [0.1, 0.15) is 0 Å². The van der Waals surface area contributed by atoms with Crippen molar-refractivity contribution in [1.82, 2.24) is 9.80 Å². The zero-order valence-electron chi connectivity index (χ0n) is 19.3. The monoisotopic (exact) mass is 420 g/mol. The normalized spacial score (nSPS) is 18.6. The van der Waals surface area contributed by atoms with Gasteiger partial charge in [-0.1, -0.05) is 44.2 Å². The molecular weight excluding hydrogens is 384 g/mol. The van der Waals surface area contributed by atoms with E-state index in [1.807, 2.05) is 0 Å². The maximum absolute atomic E-state index is 13.6. The molecule has 0 radical (unpaired) electrons. The van der Waals surface area contributed by atoms with Crippen LogP contribution in [0.25, 0.3) is 0 Å². The quantitative estimate of drug-likeness (QED) is 0.741. The van der Waals surface area contributed by atoms with Crippen LogP contribution in [0.15, 0.2) is 53.3 Å². The number of likely N-dealkylation sites (N-methyl/N-ethyl adjacent to an activating group) is 1. The van der Waals surface area contributed by atoms with E-state index in [4.69, 9.17) is 0 Å². The Morgan fingerprint density at radius 1 is 0.806 bits per heavy atom. The molecule has 2 heterocycles. The summed E-state index contributed by atoms with van der Waals surface area (Å²) >= 11 is 0. The van der Waals surface area contributed by atoms with E-state index < -0.39 is 0 Å². The summed E-state index contributed by atoms with van der Waals surface area (Å²) in [6, 6.07) is 17.0. The van der Waals surface area contributed by atoms with Gasteiger partial charge in [-0.2, -0.15) is 0 Å². The molecule has 5 heteroatoms. The Bertz CT molecular complexity index is 914. The van der Waals surface area contributed by atoms with Crippen molar-refractivity contribution in [2.45, 2.75) is 26.3 Å². The summed E-state index contributed by atoms with van der Waals surface area (Å²) < 4.78 is 0. The SMILES string of the molecule is CC(C)c1ccc(CN2CCN(c3ccccc3)CC2)c(=O)c(N2CCN(C)CC2)c1. The second-order valence-corrected chi connectivity index (χ2v) is 9.26. The zero-order chi connectivity index (χ0) is 21.8. The smallest absolute Gasteiger partial charge is 0.206 e. The Morgan fingerprint density at radius 2 is 1.45 bits per heavy atom. The fraction of sp³-hybridized carbons (Fsp3) is 0.500. The molecular formula is C26H36N4O. The van der Waals surface area contributed by atoms with Gasteiger partial charge in [-0.15, -0.1) is 0 Å². The summed E-state index contributed by atoms with van der Waals surface area (Å²) in [5.41, 5.74) is 4.55. The van der Waals surface area contributed by atoms with Crippen LogP contribution in [0, 0.1) is 0 Å². The van der Waals surface area contributed by atoms with Crippen molar-refractivity contribution in [3.63, 3.8) is 0 Å². The van der Waals surface area contributed by atoms with Crippen molar-refractivity contribution in [1.29, 1.82) is 0 Å². The first kappa shape index (κ1) is 21.8. The standard InChI is InChI=1S/C26H36N4O/c1-21(2)22-9-10-23(26(31)25(19-22)30-15-11-27(3)12-16-30)20-28-13-17-29(18-14-28)24-7-5-4-6-8-24/h4-10,19,21H,11-18,20H2,1-3H3. The number of para-hydroxylation sites is 1. The van der Waals surface area contributed by atoms with E-state index in [1.54, 1.807) is 0 Å². The van der Waals surface area contributed by atoms with Gasteiger partial charge in [0, 0.05) is 70.2 Å². The second kappa shape index (κ2) is 9.84. The zero-order valence-corrected chi connectivity index (χ0v) is 19.3. The summed E-state index contributed by atoms with van der Waals surface area (Å²) in [5, 5.41) is 0. The van der Waals surface area contributed by atoms with Gasteiger partial charge in [0.2, 0.25) is 5.43 Å². The van der Waals surface area contributed by atoms with Gasteiger partial charge >= 0.3 is 0 Å². The third-order valence-corrected chi connectivity index (χ3v) is 6.70. The molecule has 2 aliphatic rings. The number of hydrogen-bond donors (Lipinski definition) is 0. The van der Waals surface area contributed by atoms with Crippen molar-refractivity contribution in [3.8, 4) is 0 Å². The maximum atomic E-state index is 13.6. The first-order valence-corrected chi connectivity index (χ1v) is 11.6. The minimum Gasteiger partial charge on any atom is -0.369 e. The van der Waals surface area contributed by atoms with Crippen LogP contribution in [-0.2, 0) is 6.54 Å². The number of hydrogen-bond acceptors (Lipinski definition) is 5. The topological polar surface area (TPSA) is 30.0 Å². The molecule has 2 saturated heterocycles. The Kier molecular flexibility index (Phi) is 6.93. The predicted octanol–water partition coefficient (Wildman–Crippen LogP) is 3.24. The lowest BCUT2D eigenvalue weighted by Crippen LogP contribution is -2.47. The minimum atomic E-state index is 0.210. The van der Waals surface area contributed by atoms with Crippen LogP contribution in [-0.4, -0.2) is 69.2 Å². The van der Waals surface area contributed by atoms with Crippen molar-refractivity contribution < 1.29 is 0 Å². The van der Waals surface area contributed by atoms with Gasteiger partial charge in [-0.25, -0.2) is 0 Å². The van der Waals surface area contributed by atoms with Crippen LogP contribution in [0.5, 0.6) is 0 Å². The van der Waals surface area contributed by atoms with E-state index in [0.717, 1.165) is 70.2 Å². The average Bonchev–Trinajstić information content (AvgIpc) is 2.95. The molecule has 0 atom stereocenters. The first-order chi connectivity index (χ1) is 15.0. The van der Waals surface area contributed by atoms with Crippen LogP contribution < -0.4 is 15.2 Å². The molecule has 2 aromatic rings. The molecule has 0 aliphatic carbocycles. The van der Waals surface area contributed by atoms with E-state index in [0.29, 0.717) is 5.92 Å². The Hall–Kier alpha value is -2.37. The molecule has 31 heavy (non-hydrogen) atoms. The molecule has 4 rings (SSSR count). The van der Waals surface area contributed by atoms with Gasteiger partial charge in [0.25, 0.3) is 0 Å². The molecule has 0 N–H and O–H groups in total. The lowest BCUT2D eigenvalue weighted by Gasteiger charge is -2.36. The maximum Gasteiger partial charge on any atom is 0.206 e. The number of nitrogens with zero attached hydrogens (tertiary/aromatic N) is 4. The van der Waals surface area contributed by atoms with Gasteiger partial charge < -0.3 is 14.7 Å². The molecule has 166 valence electrons. The minimum absolute atomic E-state index is 0.210. The molecule has 0 bridgehead atoms. The highest BCUT2D eigenvalue weighted by Gasteiger charge is 2.21. The lowest BCUT2D eigenvalue weighted by molar-refractivity contribution is 0.249. The molecule has 0 amide bonds. The van der Waals surface area contributed by atoms with E-state index in [2.05, 4.69) is 89.0 Å². The summed E-state index contributed by atoms with van der Waals surface area (Å²) in [6.45, 7) is 12.9. The lowest BCUT2D eigenvalue weighted by atomic mass is 10.1. The second-order valence-electron chi connectivity index (χ2n) is 9.26. The average molecular weight is 421 g/mol. The summed E-state index contributed by atoms with van der Waals surface area (Å²) in [4.78, 5) is 23.1. The van der Waals surface area contributed by atoms with Crippen LogP contribution in [0.1, 0.15) is 30.9 Å². The highest BCUT2D eigenvalue weighted by Crippen LogP contribution is 2.21. The molecule has 0 saturated carbocycles. The Balaban J connectivity index is 1.52. The summed E-state index contributed by atoms with van der Waals surface area (Å²) in [6.07, 6.45) is 0. The molecule has 2 aliphatic heterocycles. The third kappa shape index (κ3) is 5.28. The first-order valence-electron chi connectivity index (χ1n) is 11.6. The summed E-state index contributed by atoms with van der Waals surface area (Å²) in [5.74, 6) is 0.403. The van der Waals surface area contributed by atoms with E-state index in [-0.39, 0.29) is 5.43 Å². The Labute approximate surface area is 186 Å². The molecule has 0 aromatic heterocycles. The number of rotatable bonds is 5. The van der Waals surface area contributed by atoms with Crippen LogP contribution in [0.2, 0.25) is 0 Å².